The van der Waals surface area contributed by atoms with Crippen LogP contribution in [0.15, 0.2) is 30.0 Å². The number of carbonyl (C=O) groups excluding carboxylic acids is 1. The maximum absolute atomic E-state index is 12.5. The summed E-state index contributed by atoms with van der Waals surface area (Å²) in [6.45, 7) is 3.03. The topological polar surface area (TPSA) is 78.7 Å². The minimum Gasteiger partial charge on any atom is -0.463 e. The molecule has 22 heavy (non-hydrogen) atoms. The highest BCUT2D eigenvalue weighted by atomic mass is 19.4. The third kappa shape index (κ3) is 4.76. The largest absolute Gasteiger partial charge is 0.463 e. The summed E-state index contributed by atoms with van der Waals surface area (Å²) in [7, 11) is 0. The summed E-state index contributed by atoms with van der Waals surface area (Å²) in [5.41, 5.74) is -2.02. The van der Waals surface area contributed by atoms with Gasteiger partial charge in [-0.25, -0.2) is 4.79 Å². The third-order valence-electron chi connectivity index (χ3n) is 2.36. The first-order valence-electron chi connectivity index (χ1n) is 6.03. The second-order valence-electron chi connectivity index (χ2n) is 4.05. The van der Waals surface area contributed by atoms with E-state index in [2.05, 4.69) is 4.74 Å². The lowest BCUT2D eigenvalue weighted by atomic mass is 10.2. The summed E-state index contributed by atoms with van der Waals surface area (Å²) in [5.74, 6) is -1.19. The number of nitro groups is 1. The molecule has 6 nitrogen and oxygen atoms in total. The van der Waals surface area contributed by atoms with E-state index in [0.29, 0.717) is 12.1 Å². The van der Waals surface area contributed by atoms with Gasteiger partial charge < -0.3 is 9.47 Å². The molecule has 0 amide bonds. The Bertz CT molecular complexity index is 610. The predicted molar refractivity (Wildman–Crippen MR) is 69.1 cm³/mol. The number of nitrogens with zero attached hydrogens (tertiary/aromatic N) is 1. The van der Waals surface area contributed by atoms with Crippen molar-refractivity contribution in [3.8, 4) is 5.75 Å². The lowest BCUT2D eigenvalue weighted by Gasteiger charge is -2.10. The van der Waals surface area contributed by atoms with E-state index in [4.69, 9.17) is 4.74 Å². The highest BCUT2D eigenvalue weighted by Gasteiger charge is 2.33. The van der Waals surface area contributed by atoms with Crippen LogP contribution < -0.4 is 4.74 Å². The van der Waals surface area contributed by atoms with Crippen molar-refractivity contribution in [2.24, 2.45) is 0 Å². The number of esters is 1. The number of ether oxygens (including phenoxy) is 2. The van der Waals surface area contributed by atoms with Crippen LogP contribution in [0.3, 0.4) is 0 Å². The molecule has 0 N–H and O–H groups in total. The predicted octanol–water partition coefficient (Wildman–Crippen LogP) is 3.46. The quantitative estimate of drug-likeness (QED) is 0.273. The maximum Gasteiger partial charge on any atom is 0.416 e. The Morgan fingerprint density at radius 2 is 2.05 bits per heavy atom. The summed E-state index contributed by atoms with van der Waals surface area (Å²) in [5, 5.41) is 10.9. The van der Waals surface area contributed by atoms with Gasteiger partial charge in [-0.15, -0.1) is 0 Å². The minimum absolute atomic E-state index is 0.0543. The average molecular weight is 319 g/mol. The second kappa shape index (κ2) is 6.92. The van der Waals surface area contributed by atoms with Crippen molar-refractivity contribution in [2.75, 3.05) is 6.61 Å². The number of hydrogen-bond acceptors (Lipinski definition) is 5. The van der Waals surface area contributed by atoms with Crippen molar-refractivity contribution in [1.82, 2.24) is 0 Å². The molecule has 9 heteroatoms. The zero-order valence-electron chi connectivity index (χ0n) is 11.6. The molecule has 0 fully saturated rings. The molecule has 0 aromatic heterocycles. The molecule has 120 valence electrons. The fourth-order valence-corrected chi connectivity index (χ4v) is 1.48. The molecule has 1 aromatic rings. The molecule has 0 aliphatic rings. The minimum atomic E-state index is -4.71. The number of alkyl halides is 3. The van der Waals surface area contributed by atoms with E-state index in [9.17, 15) is 28.1 Å². The fraction of sp³-hybridized carbons (Fsp3) is 0.308. The monoisotopic (exact) mass is 319 g/mol. The van der Waals surface area contributed by atoms with Gasteiger partial charge in [-0.3, -0.25) is 10.1 Å². The van der Waals surface area contributed by atoms with Gasteiger partial charge in [0.1, 0.15) is 5.76 Å². The number of benzene rings is 1. The van der Waals surface area contributed by atoms with Crippen LogP contribution in [0.5, 0.6) is 5.75 Å². The Morgan fingerprint density at radius 3 is 2.55 bits per heavy atom. The molecular weight excluding hydrogens is 307 g/mol. The van der Waals surface area contributed by atoms with Crippen LogP contribution in [-0.2, 0) is 15.7 Å². The van der Waals surface area contributed by atoms with Crippen molar-refractivity contribution in [1.29, 1.82) is 0 Å². The molecule has 0 aliphatic heterocycles. The van der Waals surface area contributed by atoms with Gasteiger partial charge in [0, 0.05) is 6.07 Å². The molecule has 0 heterocycles. The Morgan fingerprint density at radius 1 is 1.41 bits per heavy atom. The zero-order valence-corrected chi connectivity index (χ0v) is 11.6. The first-order chi connectivity index (χ1) is 10.1. The first-order valence-corrected chi connectivity index (χ1v) is 6.03. The van der Waals surface area contributed by atoms with E-state index < -0.39 is 34.1 Å². The Kier molecular flexibility index (Phi) is 5.50. The van der Waals surface area contributed by atoms with E-state index in [1.807, 2.05) is 0 Å². The summed E-state index contributed by atoms with van der Waals surface area (Å²) in [6.07, 6.45) is -3.77. The molecule has 0 atom stereocenters. The van der Waals surface area contributed by atoms with E-state index in [-0.39, 0.29) is 12.4 Å². The molecule has 0 aliphatic carbocycles. The van der Waals surface area contributed by atoms with Crippen molar-refractivity contribution in [3.05, 3.63) is 45.7 Å². The Labute approximate surface area is 123 Å². The van der Waals surface area contributed by atoms with E-state index in [0.717, 1.165) is 12.1 Å². The van der Waals surface area contributed by atoms with Crippen LogP contribution in [0.4, 0.5) is 18.9 Å². The van der Waals surface area contributed by atoms with Crippen LogP contribution in [-0.4, -0.2) is 17.5 Å². The summed E-state index contributed by atoms with van der Waals surface area (Å²) in [6, 6.07) is 1.84. The summed E-state index contributed by atoms with van der Waals surface area (Å²) < 4.78 is 47.3. The van der Waals surface area contributed by atoms with Gasteiger partial charge in [0.15, 0.2) is 0 Å². The van der Waals surface area contributed by atoms with Crippen LogP contribution in [0.2, 0.25) is 0 Å². The first kappa shape index (κ1) is 17.5. The molecule has 1 rings (SSSR count). The van der Waals surface area contributed by atoms with Gasteiger partial charge in [0.05, 0.1) is 23.2 Å². The van der Waals surface area contributed by atoms with Crippen molar-refractivity contribution in [3.63, 3.8) is 0 Å². The van der Waals surface area contributed by atoms with E-state index in [1.54, 1.807) is 6.92 Å². The van der Waals surface area contributed by atoms with Crippen molar-refractivity contribution < 1.29 is 32.4 Å². The molecule has 0 unspecified atom stereocenters. The van der Waals surface area contributed by atoms with Gasteiger partial charge in [-0.1, -0.05) is 0 Å². The van der Waals surface area contributed by atoms with Crippen LogP contribution >= 0.6 is 0 Å². The third-order valence-corrected chi connectivity index (χ3v) is 2.36. The molecule has 0 saturated carbocycles. The molecule has 0 spiro atoms. The molecule has 0 saturated heterocycles. The lowest BCUT2D eigenvalue weighted by molar-refractivity contribution is -0.386. The molecule has 0 radical (unpaired) electrons. The van der Waals surface area contributed by atoms with E-state index >= 15 is 0 Å². The van der Waals surface area contributed by atoms with Crippen LogP contribution in [0.25, 0.3) is 0 Å². The molecule has 1 aromatic carbocycles. The Hall–Kier alpha value is -2.58. The van der Waals surface area contributed by atoms with E-state index in [1.165, 1.54) is 6.92 Å². The van der Waals surface area contributed by atoms with Gasteiger partial charge in [0.25, 0.3) is 0 Å². The second-order valence-corrected chi connectivity index (χ2v) is 4.05. The van der Waals surface area contributed by atoms with Gasteiger partial charge >= 0.3 is 17.8 Å². The van der Waals surface area contributed by atoms with Crippen molar-refractivity contribution in [2.45, 2.75) is 20.0 Å². The summed E-state index contributed by atoms with van der Waals surface area (Å²) >= 11 is 0. The van der Waals surface area contributed by atoms with Gasteiger partial charge in [0.2, 0.25) is 5.75 Å². The average Bonchev–Trinajstić information content (AvgIpc) is 2.37. The van der Waals surface area contributed by atoms with Gasteiger partial charge in [-0.05, 0) is 26.0 Å². The zero-order chi connectivity index (χ0) is 16.9. The Balaban J connectivity index is 3.10. The normalized spacial score (nSPS) is 12.0. The number of hydrogen-bond donors (Lipinski definition) is 0. The van der Waals surface area contributed by atoms with Crippen LogP contribution in [0, 0.1) is 10.1 Å². The molecular formula is C13H12F3NO5. The number of allylic oxidation sites excluding steroid dienone is 1. The fourth-order valence-electron chi connectivity index (χ4n) is 1.48. The lowest BCUT2D eigenvalue weighted by Crippen LogP contribution is -2.07. The maximum atomic E-state index is 12.5. The van der Waals surface area contributed by atoms with Crippen LogP contribution in [0.1, 0.15) is 19.4 Å². The smallest absolute Gasteiger partial charge is 0.416 e. The SMILES string of the molecule is CCOC(=O)C=C(C)Oc1ccc(C(F)(F)F)cc1[N+](=O)[O-]. The van der Waals surface area contributed by atoms with Gasteiger partial charge in [-0.2, -0.15) is 13.2 Å². The standard InChI is InChI=1S/C13H12F3NO5/c1-3-21-12(18)6-8(2)22-11-5-4-9(13(14,15)16)7-10(11)17(19)20/h4-7H,3H2,1-2H3. The van der Waals surface area contributed by atoms with Crippen molar-refractivity contribution >= 4 is 11.7 Å². The molecule has 0 bridgehead atoms. The highest BCUT2D eigenvalue weighted by molar-refractivity contribution is 5.82. The number of carbonyl (C=O) groups is 1. The highest BCUT2D eigenvalue weighted by Crippen LogP contribution is 2.36. The number of nitro benzene ring substituents is 1. The number of rotatable bonds is 5. The number of halogens is 3. The summed E-state index contributed by atoms with van der Waals surface area (Å²) in [4.78, 5) is 21.0.